The van der Waals surface area contributed by atoms with Crippen LogP contribution in [-0.4, -0.2) is 11.8 Å². The summed E-state index contributed by atoms with van der Waals surface area (Å²) in [7, 11) is 0. The second-order valence-corrected chi connectivity index (χ2v) is 4.37. The van der Waals surface area contributed by atoms with Gasteiger partial charge < -0.3 is 4.74 Å². The van der Waals surface area contributed by atoms with E-state index in [0.29, 0.717) is 5.56 Å². The lowest BCUT2D eigenvalue weighted by Crippen LogP contribution is -2.05. The molecule has 1 aliphatic rings. The lowest BCUT2D eigenvalue weighted by Gasteiger charge is -2.08. The van der Waals surface area contributed by atoms with E-state index in [-0.39, 0.29) is 18.2 Å². The standard InChI is InChI=1S/C14H14O3/c1-9(2)7-10(15)8-13-11-5-3-4-6-12(11)14(16)17-13/h3-7,13H,8H2,1-2H3. The van der Waals surface area contributed by atoms with Crippen molar-refractivity contribution in [2.75, 3.05) is 0 Å². The van der Waals surface area contributed by atoms with Gasteiger partial charge in [-0.1, -0.05) is 23.8 Å². The Morgan fingerprint density at radius 2 is 2.06 bits per heavy atom. The molecule has 0 aromatic heterocycles. The van der Waals surface area contributed by atoms with E-state index in [4.69, 9.17) is 4.74 Å². The molecule has 88 valence electrons. The molecule has 1 aliphatic heterocycles. The number of ketones is 1. The third kappa shape index (κ3) is 2.44. The summed E-state index contributed by atoms with van der Waals surface area (Å²) in [5.41, 5.74) is 2.34. The Balaban J connectivity index is 2.18. The average Bonchev–Trinajstić information content (AvgIpc) is 2.55. The minimum absolute atomic E-state index is 0.0143. The van der Waals surface area contributed by atoms with Crippen molar-refractivity contribution >= 4 is 11.8 Å². The van der Waals surface area contributed by atoms with Crippen LogP contribution in [0.4, 0.5) is 0 Å². The van der Waals surface area contributed by atoms with Crippen molar-refractivity contribution in [3.8, 4) is 0 Å². The zero-order valence-corrected chi connectivity index (χ0v) is 9.90. The van der Waals surface area contributed by atoms with Gasteiger partial charge in [0.15, 0.2) is 5.78 Å². The van der Waals surface area contributed by atoms with Crippen LogP contribution in [0.5, 0.6) is 0 Å². The molecule has 0 saturated heterocycles. The van der Waals surface area contributed by atoms with Gasteiger partial charge in [0.05, 0.1) is 12.0 Å². The van der Waals surface area contributed by atoms with Crippen molar-refractivity contribution in [3.05, 3.63) is 47.0 Å². The summed E-state index contributed by atoms with van der Waals surface area (Å²) < 4.78 is 5.19. The van der Waals surface area contributed by atoms with Crippen molar-refractivity contribution in [1.82, 2.24) is 0 Å². The summed E-state index contributed by atoms with van der Waals surface area (Å²) in [5.74, 6) is -0.352. The predicted molar refractivity (Wildman–Crippen MR) is 63.7 cm³/mol. The van der Waals surface area contributed by atoms with E-state index in [1.165, 1.54) is 0 Å². The number of esters is 1. The summed E-state index contributed by atoms with van der Waals surface area (Å²) in [5, 5.41) is 0. The molecule has 0 bridgehead atoms. The molecule has 3 nitrogen and oxygen atoms in total. The Morgan fingerprint density at radius 3 is 2.76 bits per heavy atom. The molecule has 1 atom stereocenters. The van der Waals surface area contributed by atoms with Gasteiger partial charge in [0, 0.05) is 5.56 Å². The van der Waals surface area contributed by atoms with E-state index in [1.807, 2.05) is 26.0 Å². The van der Waals surface area contributed by atoms with Gasteiger partial charge in [-0.2, -0.15) is 0 Å². The van der Waals surface area contributed by atoms with Crippen molar-refractivity contribution in [1.29, 1.82) is 0 Å². The van der Waals surface area contributed by atoms with E-state index in [9.17, 15) is 9.59 Å². The largest absolute Gasteiger partial charge is 0.453 e. The molecule has 0 amide bonds. The van der Waals surface area contributed by atoms with Gasteiger partial charge in [0.25, 0.3) is 0 Å². The topological polar surface area (TPSA) is 43.4 Å². The van der Waals surface area contributed by atoms with Crippen LogP contribution < -0.4 is 0 Å². The number of rotatable bonds is 3. The van der Waals surface area contributed by atoms with E-state index >= 15 is 0 Å². The summed E-state index contributed by atoms with van der Waals surface area (Å²) in [4.78, 5) is 23.2. The fourth-order valence-corrected chi connectivity index (χ4v) is 1.94. The smallest absolute Gasteiger partial charge is 0.339 e. The zero-order valence-electron chi connectivity index (χ0n) is 9.90. The number of cyclic esters (lactones) is 1. The van der Waals surface area contributed by atoms with Gasteiger partial charge in [-0.25, -0.2) is 4.79 Å². The highest BCUT2D eigenvalue weighted by Gasteiger charge is 2.31. The van der Waals surface area contributed by atoms with Gasteiger partial charge in [-0.05, 0) is 26.0 Å². The third-order valence-electron chi connectivity index (χ3n) is 2.61. The molecule has 0 N–H and O–H groups in total. The highest BCUT2D eigenvalue weighted by Crippen LogP contribution is 2.32. The van der Waals surface area contributed by atoms with E-state index < -0.39 is 6.10 Å². The van der Waals surface area contributed by atoms with Crippen LogP contribution in [-0.2, 0) is 9.53 Å². The van der Waals surface area contributed by atoms with E-state index in [2.05, 4.69) is 0 Å². The number of hydrogen-bond acceptors (Lipinski definition) is 3. The molecule has 0 aliphatic carbocycles. The van der Waals surface area contributed by atoms with E-state index in [1.54, 1.807) is 18.2 Å². The molecule has 3 heteroatoms. The molecular weight excluding hydrogens is 216 g/mol. The maximum atomic E-state index is 11.7. The molecule has 0 saturated carbocycles. The lowest BCUT2D eigenvalue weighted by atomic mass is 10.0. The van der Waals surface area contributed by atoms with Crippen molar-refractivity contribution in [2.45, 2.75) is 26.4 Å². The number of ether oxygens (including phenoxy) is 1. The van der Waals surface area contributed by atoms with Crippen molar-refractivity contribution < 1.29 is 14.3 Å². The van der Waals surface area contributed by atoms with Crippen LogP contribution in [0, 0.1) is 0 Å². The van der Waals surface area contributed by atoms with Crippen LogP contribution in [0.3, 0.4) is 0 Å². The third-order valence-corrected chi connectivity index (χ3v) is 2.61. The summed E-state index contributed by atoms with van der Waals surface area (Å²) in [6, 6.07) is 7.20. The maximum absolute atomic E-state index is 11.7. The SMILES string of the molecule is CC(C)=CC(=O)CC1OC(=O)c2ccccc21. The predicted octanol–water partition coefficient (Wildman–Crippen LogP) is 2.82. The summed E-state index contributed by atoms with van der Waals surface area (Å²) in [6.07, 6.45) is 1.37. The number of carbonyl (C=O) groups is 2. The first-order chi connectivity index (χ1) is 8.08. The number of allylic oxidation sites excluding steroid dienone is 2. The number of carbonyl (C=O) groups excluding carboxylic acids is 2. The number of benzene rings is 1. The fraction of sp³-hybridized carbons (Fsp3) is 0.286. The first-order valence-electron chi connectivity index (χ1n) is 5.55. The Bertz CT molecular complexity index is 496. The van der Waals surface area contributed by atoms with Gasteiger partial charge in [-0.15, -0.1) is 0 Å². The van der Waals surface area contributed by atoms with Gasteiger partial charge in [-0.3, -0.25) is 4.79 Å². The lowest BCUT2D eigenvalue weighted by molar-refractivity contribution is -0.116. The van der Waals surface area contributed by atoms with Crippen LogP contribution in [0.15, 0.2) is 35.9 Å². The maximum Gasteiger partial charge on any atom is 0.339 e. The Labute approximate surface area is 100 Å². The highest BCUT2D eigenvalue weighted by atomic mass is 16.5. The zero-order chi connectivity index (χ0) is 12.4. The second-order valence-electron chi connectivity index (χ2n) is 4.37. The average molecular weight is 230 g/mol. The first-order valence-corrected chi connectivity index (χ1v) is 5.55. The highest BCUT2D eigenvalue weighted by molar-refractivity contribution is 5.96. The molecular formula is C14H14O3. The Kier molecular flexibility index (Phi) is 3.09. The first kappa shape index (κ1) is 11.6. The van der Waals surface area contributed by atoms with Gasteiger partial charge in [0.1, 0.15) is 6.10 Å². The molecule has 0 radical (unpaired) electrons. The van der Waals surface area contributed by atoms with Gasteiger partial charge in [0.2, 0.25) is 0 Å². The molecule has 2 rings (SSSR count). The van der Waals surface area contributed by atoms with Crippen LogP contribution in [0.1, 0.15) is 42.3 Å². The summed E-state index contributed by atoms with van der Waals surface area (Å²) in [6.45, 7) is 3.74. The quantitative estimate of drug-likeness (QED) is 0.592. The normalized spacial score (nSPS) is 17.3. The molecule has 0 fully saturated rings. The Morgan fingerprint density at radius 1 is 1.35 bits per heavy atom. The number of hydrogen-bond donors (Lipinski definition) is 0. The van der Waals surface area contributed by atoms with Crippen molar-refractivity contribution in [2.24, 2.45) is 0 Å². The molecule has 0 spiro atoms. The van der Waals surface area contributed by atoms with Crippen LogP contribution >= 0.6 is 0 Å². The summed E-state index contributed by atoms with van der Waals surface area (Å²) >= 11 is 0. The monoisotopic (exact) mass is 230 g/mol. The minimum Gasteiger partial charge on any atom is -0.453 e. The Hall–Kier alpha value is -1.90. The van der Waals surface area contributed by atoms with Crippen LogP contribution in [0.2, 0.25) is 0 Å². The molecule has 1 aromatic carbocycles. The molecule has 17 heavy (non-hydrogen) atoms. The second kappa shape index (κ2) is 4.53. The number of fused-ring (bicyclic) bond motifs is 1. The fourth-order valence-electron chi connectivity index (χ4n) is 1.94. The molecule has 1 aromatic rings. The van der Waals surface area contributed by atoms with Crippen LogP contribution in [0.25, 0.3) is 0 Å². The van der Waals surface area contributed by atoms with Gasteiger partial charge >= 0.3 is 5.97 Å². The minimum atomic E-state index is -0.429. The van der Waals surface area contributed by atoms with E-state index in [0.717, 1.165) is 11.1 Å². The van der Waals surface area contributed by atoms with Crippen molar-refractivity contribution in [3.63, 3.8) is 0 Å². The molecule has 1 heterocycles. The molecule has 1 unspecified atom stereocenters.